The molecule has 0 aliphatic rings. The van der Waals surface area contributed by atoms with Gasteiger partial charge in [0.25, 0.3) is 5.91 Å². The van der Waals surface area contributed by atoms with Gasteiger partial charge in [-0.15, -0.1) is 0 Å². The van der Waals surface area contributed by atoms with E-state index in [-0.39, 0.29) is 29.9 Å². The van der Waals surface area contributed by atoms with Crippen LogP contribution in [0.3, 0.4) is 0 Å². The van der Waals surface area contributed by atoms with E-state index in [2.05, 4.69) is 5.32 Å². The van der Waals surface area contributed by atoms with E-state index >= 15 is 0 Å². The minimum Gasteiger partial charge on any atom is -0.483 e. The summed E-state index contributed by atoms with van der Waals surface area (Å²) in [5, 5.41) is 11.9. The lowest BCUT2D eigenvalue weighted by molar-refractivity contribution is -0.123. The Kier molecular flexibility index (Phi) is 6.03. The summed E-state index contributed by atoms with van der Waals surface area (Å²) in [6.07, 6.45) is 1.71. The molecule has 0 heterocycles. The molecular formula is C15H21NO4. The Morgan fingerprint density at radius 1 is 1.30 bits per heavy atom. The SMILES string of the molecule is CCC(CC)NC(=O)COc1c(C)cccc1C(=O)O. The maximum atomic E-state index is 11.8. The molecule has 0 bridgehead atoms. The van der Waals surface area contributed by atoms with Gasteiger partial charge >= 0.3 is 5.97 Å². The number of amides is 1. The van der Waals surface area contributed by atoms with E-state index in [1.165, 1.54) is 6.07 Å². The van der Waals surface area contributed by atoms with Crippen molar-refractivity contribution in [3.8, 4) is 5.75 Å². The molecule has 0 unspecified atom stereocenters. The monoisotopic (exact) mass is 279 g/mol. The van der Waals surface area contributed by atoms with Gasteiger partial charge in [0.1, 0.15) is 11.3 Å². The molecule has 5 nitrogen and oxygen atoms in total. The van der Waals surface area contributed by atoms with Crippen LogP contribution in [0.4, 0.5) is 0 Å². The number of benzene rings is 1. The van der Waals surface area contributed by atoms with Crippen molar-refractivity contribution in [3.05, 3.63) is 29.3 Å². The van der Waals surface area contributed by atoms with Gasteiger partial charge in [-0.2, -0.15) is 0 Å². The number of aromatic carboxylic acids is 1. The predicted molar refractivity (Wildman–Crippen MR) is 76.1 cm³/mol. The van der Waals surface area contributed by atoms with Crippen molar-refractivity contribution in [2.45, 2.75) is 39.7 Å². The van der Waals surface area contributed by atoms with Crippen LogP contribution in [0.25, 0.3) is 0 Å². The molecule has 1 rings (SSSR count). The van der Waals surface area contributed by atoms with Crippen molar-refractivity contribution >= 4 is 11.9 Å². The van der Waals surface area contributed by atoms with Gasteiger partial charge in [0.05, 0.1) is 0 Å². The van der Waals surface area contributed by atoms with Gasteiger partial charge in [-0.05, 0) is 31.4 Å². The summed E-state index contributed by atoms with van der Waals surface area (Å²) < 4.78 is 5.39. The summed E-state index contributed by atoms with van der Waals surface area (Å²) >= 11 is 0. The summed E-state index contributed by atoms with van der Waals surface area (Å²) in [5.74, 6) is -1.05. The number of para-hydroxylation sites is 1. The zero-order chi connectivity index (χ0) is 15.1. The molecule has 0 fully saturated rings. The fourth-order valence-corrected chi connectivity index (χ4v) is 1.91. The first-order valence-corrected chi connectivity index (χ1v) is 6.74. The van der Waals surface area contributed by atoms with E-state index in [4.69, 9.17) is 9.84 Å². The first-order valence-electron chi connectivity index (χ1n) is 6.74. The minimum absolute atomic E-state index is 0.0698. The second-order valence-electron chi connectivity index (χ2n) is 4.63. The van der Waals surface area contributed by atoms with Gasteiger partial charge in [0, 0.05) is 6.04 Å². The lowest BCUT2D eigenvalue weighted by atomic mass is 10.1. The lowest BCUT2D eigenvalue weighted by Crippen LogP contribution is -2.37. The fraction of sp³-hybridized carbons (Fsp3) is 0.467. The lowest BCUT2D eigenvalue weighted by Gasteiger charge is -2.16. The first-order chi connectivity index (χ1) is 9.49. The molecule has 0 spiro atoms. The normalized spacial score (nSPS) is 10.4. The third-order valence-corrected chi connectivity index (χ3v) is 3.14. The highest BCUT2D eigenvalue weighted by atomic mass is 16.5. The Hall–Kier alpha value is -2.04. The molecule has 20 heavy (non-hydrogen) atoms. The molecule has 0 aliphatic heterocycles. The molecule has 1 aromatic rings. The third-order valence-electron chi connectivity index (χ3n) is 3.14. The quantitative estimate of drug-likeness (QED) is 0.803. The van der Waals surface area contributed by atoms with E-state index in [1.54, 1.807) is 19.1 Å². The number of aryl methyl sites for hydroxylation is 1. The molecule has 110 valence electrons. The van der Waals surface area contributed by atoms with E-state index in [1.807, 2.05) is 13.8 Å². The van der Waals surface area contributed by atoms with Crippen LogP contribution in [0.5, 0.6) is 5.75 Å². The summed E-state index contributed by atoms with van der Waals surface area (Å²) in [4.78, 5) is 22.9. The van der Waals surface area contributed by atoms with Crippen LogP contribution in [0.1, 0.15) is 42.6 Å². The number of carboxylic acid groups (broad SMARTS) is 1. The van der Waals surface area contributed by atoms with Gasteiger partial charge in [-0.3, -0.25) is 4.79 Å². The van der Waals surface area contributed by atoms with Crippen LogP contribution in [0.2, 0.25) is 0 Å². The Balaban J connectivity index is 2.70. The first kappa shape index (κ1) is 16.0. The van der Waals surface area contributed by atoms with E-state index in [0.29, 0.717) is 5.56 Å². The molecule has 1 aromatic carbocycles. The molecule has 0 saturated heterocycles. The van der Waals surface area contributed by atoms with Crippen molar-refractivity contribution in [3.63, 3.8) is 0 Å². The molecule has 0 radical (unpaired) electrons. The molecule has 0 aliphatic carbocycles. The summed E-state index contributed by atoms with van der Waals surface area (Å²) in [7, 11) is 0. The second kappa shape index (κ2) is 7.53. The van der Waals surface area contributed by atoms with Crippen molar-refractivity contribution in [2.24, 2.45) is 0 Å². The molecule has 0 saturated carbocycles. The van der Waals surface area contributed by atoms with E-state index in [9.17, 15) is 9.59 Å². The van der Waals surface area contributed by atoms with Gasteiger partial charge in [0.15, 0.2) is 6.61 Å². The van der Waals surface area contributed by atoms with Crippen LogP contribution >= 0.6 is 0 Å². The predicted octanol–water partition coefficient (Wildman–Crippen LogP) is 2.38. The zero-order valence-corrected chi connectivity index (χ0v) is 12.1. The maximum absolute atomic E-state index is 11.8. The van der Waals surface area contributed by atoms with Crippen molar-refractivity contribution in [1.82, 2.24) is 5.32 Å². The Morgan fingerprint density at radius 3 is 2.50 bits per heavy atom. The van der Waals surface area contributed by atoms with Crippen molar-refractivity contribution < 1.29 is 19.4 Å². The highest BCUT2D eigenvalue weighted by molar-refractivity contribution is 5.91. The van der Waals surface area contributed by atoms with Crippen LogP contribution in [0.15, 0.2) is 18.2 Å². The Bertz CT molecular complexity index is 481. The Labute approximate surface area is 118 Å². The molecule has 1 amide bonds. The number of carbonyl (C=O) groups excluding carboxylic acids is 1. The average molecular weight is 279 g/mol. The molecular weight excluding hydrogens is 258 g/mol. The number of carboxylic acids is 1. The van der Waals surface area contributed by atoms with Gasteiger partial charge in [-0.25, -0.2) is 4.79 Å². The summed E-state index contributed by atoms with van der Waals surface area (Å²) in [6.45, 7) is 5.57. The number of hydrogen-bond acceptors (Lipinski definition) is 3. The second-order valence-corrected chi connectivity index (χ2v) is 4.63. The Morgan fingerprint density at radius 2 is 1.95 bits per heavy atom. The zero-order valence-electron chi connectivity index (χ0n) is 12.1. The highest BCUT2D eigenvalue weighted by Gasteiger charge is 2.15. The van der Waals surface area contributed by atoms with Crippen LogP contribution < -0.4 is 10.1 Å². The smallest absolute Gasteiger partial charge is 0.339 e. The molecule has 2 N–H and O–H groups in total. The average Bonchev–Trinajstić information content (AvgIpc) is 2.42. The summed E-state index contributed by atoms with van der Waals surface area (Å²) in [6, 6.07) is 4.99. The van der Waals surface area contributed by atoms with Crippen LogP contribution in [0, 0.1) is 6.92 Å². The van der Waals surface area contributed by atoms with Gasteiger partial charge < -0.3 is 15.2 Å². The standard InChI is InChI=1S/C15H21NO4/c1-4-11(5-2)16-13(17)9-20-14-10(3)7-6-8-12(14)15(18)19/h6-8,11H,4-5,9H2,1-3H3,(H,16,17)(H,18,19). The largest absolute Gasteiger partial charge is 0.483 e. The number of hydrogen-bond donors (Lipinski definition) is 2. The molecule has 0 atom stereocenters. The highest BCUT2D eigenvalue weighted by Crippen LogP contribution is 2.23. The third kappa shape index (κ3) is 4.26. The van der Waals surface area contributed by atoms with Gasteiger partial charge in [0.2, 0.25) is 0 Å². The fourth-order valence-electron chi connectivity index (χ4n) is 1.91. The number of nitrogens with one attached hydrogen (secondary N) is 1. The van der Waals surface area contributed by atoms with E-state index < -0.39 is 5.97 Å². The van der Waals surface area contributed by atoms with Gasteiger partial charge in [-0.1, -0.05) is 26.0 Å². The van der Waals surface area contributed by atoms with Crippen molar-refractivity contribution in [1.29, 1.82) is 0 Å². The van der Waals surface area contributed by atoms with E-state index in [0.717, 1.165) is 12.8 Å². The topological polar surface area (TPSA) is 75.6 Å². The molecule has 5 heteroatoms. The molecule has 0 aromatic heterocycles. The number of ether oxygens (including phenoxy) is 1. The van der Waals surface area contributed by atoms with Crippen molar-refractivity contribution in [2.75, 3.05) is 6.61 Å². The van der Waals surface area contributed by atoms with Crippen LogP contribution in [-0.4, -0.2) is 29.6 Å². The summed E-state index contributed by atoms with van der Waals surface area (Å²) in [5.41, 5.74) is 0.764. The maximum Gasteiger partial charge on any atom is 0.339 e. The minimum atomic E-state index is -1.07. The number of carbonyl (C=O) groups is 2. The number of rotatable bonds is 7. The van der Waals surface area contributed by atoms with Crippen LogP contribution in [-0.2, 0) is 4.79 Å².